The van der Waals surface area contributed by atoms with E-state index in [4.69, 9.17) is 10.8 Å². The average molecular weight is 278 g/mol. The third-order valence-corrected chi connectivity index (χ3v) is 2.49. The van der Waals surface area contributed by atoms with E-state index in [1.165, 1.54) is 0 Å². The molecule has 1 rings (SSSR count). The Labute approximate surface area is 111 Å². The molecule has 0 amide bonds. The third kappa shape index (κ3) is 3.58. The Morgan fingerprint density at radius 3 is 2.44 bits per heavy atom. The minimum atomic E-state index is -1.31. The number of rotatable bonds is 4. The number of halogens is 2. The van der Waals surface area contributed by atoms with Crippen LogP contribution in [0.5, 0.6) is 5.75 Å². The number of aromatic carboxylic acids is 1. The van der Waals surface area contributed by atoms with Gasteiger partial charge in [-0.15, -0.1) is 12.4 Å². The molecule has 18 heavy (non-hydrogen) atoms. The summed E-state index contributed by atoms with van der Waals surface area (Å²) in [6.45, 7) is 3.83. The molecule has 0 saturated heterocycles. The molecule has 6 heteroatoms. The van der Waals surface area contributed by atoms with Crippen molar-refractivity contribution in [1.29, 1.82) is 0 Å². The summed E-state index contributed by atoms with van der Waals surface area (Å²) in [5, 5.41) is 18.5. The van der Waals surface area contributed by atoms with E-state index in [9.17, 15) is 14.3 Å². The van der Waals surface area contributed by atoms with Crippen LogP contribution in [0.3, 0.4) is 0 Å². The van der Waals surface area contributed by atoms with Gasteiger partial charge in [0.25, 0.3) is 0 Å². The smallest absolute Gasteiger partial charge is 0.339 e. The molecule has 0 radical (unpaired) electrons. The fraction of sp³-hybridized carbons (Fsp3) is 0.417. The van der Waals surface area contributed by atoms with Gasteiger partial charge < -0.3 is 15.9 Å². The normalized spacial score (nSPS) is 12.1. The van der Waals surface area contributed by atoms with Crippen LogP contribution >= 0.6 is 12.4 Å². The fourth-order valence-electron chi connectivity index (χ4n) is 1.73. The lowest BCUT2D eigenvalue weighted by Crippen LogP contribution is -2.16. The highest BCUT2D eigenvalue weighted by molar-refractivity contribution is 5.91. The molecule has 102 valence electrons. The van der Waals surface area contributed by atoms with Crippen LogP contribution in [0, 0.1) is 11.7 Å². The van der Waals surface area contributed by atoms with Crippen molar-refractivity contribution in [3.05, 3.63) is 29.1 Å². The first-order chi connectivity index (χ1) is 7.84. The number of hydrogen-bond acceptors (Lipinski definition) is 3. The zero-order valence-corrected chi connectivity index (χ0v) is 11.0. The molecule has 4 N–H and O–H groups in total. The summed E-state index contributed by atoms with van der Waals surface area (Å²) in [6, 6.07) is 1.33. The average Bonchev–Trinajstić information content (AvgIpc) is 2.15. The molecule has 0 aliphatic rings. The lowest BCUT2D eigenvalue weighted by molar-refractivity contribution is 0.0693. The summed E-state index contributed by atoms with van der Waals surface area (Å²) in [5.41, 5.74) is 5.31. The van der Waals surface area contributed by atoms with Crippen molar-refractivity contribution in [3.63, 3.8) is 0 Å². The molecule has 0 aliphatic carbocycles. The first kappa shape index (κ1) is 16.7. The summed E-state index contributed by atoms with van der Waals surface area (Å²) in [6.07, 6.45) is 0.466. The Morgan fingerprint density at radius 2 is 2.00 bits per heavy atom. The first-order valence-corrected chi connectivity index (χ1v) is 5.34. The van der Waals surface area contributed by atoms with E-state index in [-0.39, 0.29) is 29.5 Å². The van der Waals surface area contributed by atoms with Gasteiger partial charge in [-0.05, 0) is 24.5 Å². The maximum absolute atomic E-state index is 13.6. The molecule has 1 atom stereocenters. The van der Waals surface area contributed by atoms with Crippen LogP contribution in [0.15, 0.2) is 12.1 Å². The van der Waals surface area contributed by atoms with Gasteiger partial charge in [-0.25, -0.2) is 9.18 Å². The van der Waals surface area contributed by atoms with Gasteiger partial charge in [0.15, 0.2) is 0 Å². The maximum atomic E-state index is 13.6. The molecule has 4 nitrogen and oxygen atoms in total. The molecule has 1 aromatic carbocycles. The summed E-state index contributed by atoms with van der Waals surface area (Å²) in [4.78, 5) is 10.8. The molecule has 0 spiro atoms. The number of phenols is 1. The van der Waals surface area contributed by atoms with Crippen molar-refractivity contribution in [3.8, 4) is 5.75 Å². The lowest BCUT2D eigenvalue weighted by Gasteiger charge is -2.17. The highest BCUT2D eigenvalue weighted by Gasteiger charge is 2.22. The van der Waals surface area contributed by atoms with Crippen LogP contribution in [0.2, 0.25) is 0 Å². The SMILES string of the molecule is CC(C)C[C@@H](N)c1c(F)ccc(C(=O)O)c1O.Cl. The van der Waals surface area contributed by atoms with Gasteiger partial charge in [0.1, 0.15) is 17.1 Å². The number of carboxylic acid groups (broad SMARTS) is 1. The van der Waals surface area contributed by atoms with Crippen molar-refractivity contribution in [2.45, 2.75) is 26.3 Å². The van der Waals surface area contributed by atoms with Crippen LogP contribution in [-0.4, -0.2) is 16.2 Å². The maximum Gasteiger partial charge on any atom is 0.339 e. The van der Waals surface area contributed by atoms with Crippen molar-refractivity contribution >= 4 is 18.4 Å². The summed E-state index contributed by atoms with van der Waals surface area (Å²) >= 11 is 0. The molecule has 0 fully saturated rings. The minimum Gasteiger partial charge on any atom is -0.507 e. The molecule has 1 aromatic rings. The number of aromatic hydroxyl groups is 1. The van der Waals surface area contributed by atoms with Gasteiger partial charge in [-0.2, -0.15) is 0 Å². The standard InChI is InChI=1S/C12H16FNO3.ClH/c1-6(2)5-9(14)10-8(13)4-3-7(11(10)15)12(16)17;/h3-4,6,9,15H,5,14H2,1-2H3,(H,16,17);1H/t9-;/m1./s1. The molecule has 0 heterocycles. The molecule has 0 aliphatic heterocycles. The predicted molar refractivity (Wildman–Crippen MR) is 68.7 cm³/mol. The van der Waals surface area contributed by atoms with Gasteiger partial charge in [-0.1, -0.05) is 13.8 Å². The Balaban J connectivity index is 0.00000289. The van der Waals surface area contributed by atoms with Gasteiger partial charge in [0.2, 0.25) is 0 Å². The fourth-order valence-corrected chi connectivity index (χ4v) is 1.73. The van der Waals surface area contributed by atoms with E-state index < -0.39 is 23.6 Å². The Bertz CT molecular complexity index is 438. The van der Waals surface area contributed by atoms with Crippen molar-refractivity contribution in [2.24, 2.45) is 11.7 Å². The van der Waals surface area contributed by atoms with E-state index in [0.29, 0.717) is 6.42 Å². The van der Waals surface area contributed by atoms with Gasteiger partial charge in [0.05, 0.1) is 0 Å². The second-order valence-electron chi connectivity index (χ2n) is 4.40. The zero-order valence-electron chi connectivity index (χ0n) is 10.2. The third-order valence-electron chi connectivity index (χ3n) is 2.49. The number of benzene rings is 1. The monoisotopic (exact) mass is 277 g/mol. The summed E-state index contributed by atoms with van der Waals surface area (Å²) in [5.74, 6) is -2.34. The van der Waals surface area contributed by atoms with Gasteiger partial charge >= 0.3 is 5.97 Å². The Hall–Kier alpha value is -1.33. The van der Waals surface area contributed by atoms with E-state index >= 15 is 0 Å². The number of hydrogen-bond donors (Lipinski definition) is 3. The molecule has 0 saturated carbocycles. The second kappa shape index (κ2) is 6.56. The largest absolute Gasteiger partial charge is 0.507 e. The minimum absolute atomic E-state index is 0. The van der Waals surface area contributed by atoms with Crippen LogP contribution in [0.1, 0.15) is 42.2 Å². The number of nitrogens with two attached hydrogens (primary N) is 1. The predicted octanol–water partition coefficient (Wildman–Crippen LogP) is 2.70. The van der Waals surface area contributed by atoms with Crippen LogP contribution in [0.4, 0.5) is 4.39 Å². The zero-order chi connectivity index (χ0) is 13.2. The summed E-state index contributed by atoms with van der Waals surface area (Å²) in [7, 11) is 0. The number of carbonyl (C=O) groups is 1. The van der Waals surface area contributed by atoms with E-state index in [2.05, 4.69) is 0 Å². The number of carboxylic acids is 1. The van der Waals surface area contributed by atoms with E-state index in [1.807, 2.05) is 13.8 Å². The molecule has 0 unspecified atom stereocenters. The highest BCUT2D eigenvalue weighted by atomic mass is 35.5. The van der Waals surface area contributed by atoms with Crippen molar-refractivity contribution in [1.82, 2.24) is 0 Å². The topological polar surface area (TPSA) is 83.6 Å². The van der Waals surface area contributed by atoms with Crippen molar-refractivity contribution in [2.75, 3.05) is 0 Å². The molecule has 0 aromatic heterocycles. The Morgan fingerprint density at radius 1 is 1.44 bits per heavy atom. The lowest BCUT2D eigenvalue weighted by atomic mass is 9.95. The summed E-state index contributed by atoms with van der Waals surface area (Å²) < 4.78 is 13.6. The van der Waals surface area contributed by atoms with E-state index in [1.54, 1.807) is 0 Å². The van der Waals surface area contributed by atoms with Crippen LogP contribution in [-0.2, 0) is 0 Å². The second-order valence-corrected chi connectivity index (χ2v) is 4.40. The first-order valence-electron chi connectivity index (χ1n) is 5.34. The molecular formula is C12H17ClFNO3. The highest BCUT2D eigenvalue weighted by Crippen LogP contribution is 2.32. The van der Waals surface area contributed by atoms with Gasteiger partial charge in [0, 0.05) is 11.6 Å². The van der Waals surface area contributed by atoms with Crippen LogP contribution < -0.4 is 5.73 Å². The van der Waals surface area contributed by atoms with Gasteiger partial charge in [-0.3, -0.25) is 0 Å². The molecular weight excluding hydrogens is 261 g/mol. The van der Waals surface area contributed by atoms with Crippen molar-refractivity contribution < 1.29 is 19.4 Å². The van der Waals surface area contributed by atoms with E-state index in [0.717, 1.165) is 12.1 Å². The van der Waals surface area contributed by atoms with Crippen LogP contribution in [0.25, 0.3) is 0 Å². The molecule has 0 bridgehead atoms. The Kier molecular flexibility index (Phi) is 6.08. The quantitative estimate of drug-likeness (QED) is 0.790.